The molecule has 0 radical (unpaired) electrons. The van der Waals surface area contributed by atoms with Crippen molar-refractivity contribution in [1.82, 2.24) is 14.7 Å². The van der Waals surface area contributed by atoms with E-state index in [1.807, 2.05) is 31.2 Å². The second-order valence-electron chi connectivity index (χ2n) is 6.72. The third kappa shape index (κ3) is 3.05. The molecule has 2 atom stereocenters. The van der Waals surface area contributed by atoms with Gasteiger partial charge in [0.15, 0.2) is 0 Å². The van der Waals surface area contributed by atoms with Crippen molar-refractivity contribution in [1.29, 1.82) is 0 Å². The van der Waals surface area contributed by atoms with Gasteiger partial charge in [0.25, 0.3) is 0 Å². The van der Waals surface area contributed by atoms with E-state index in [0.29, 0.717) is 24.5 Å². The molecule has 4 rings (SSSR count). The molecule has 8 heteroatoms. The number of rotatable bonds is 4. The molecule has 0 bridgehead atoms. The second-order valence-corrected chi connectivity index (χ2v) is 9.08. The van der Waals surface area contributed by atoms with E-state index < -0.39 is 6.04 Å². The van der Waals surface area contributed by atoms with Crippen LogP contribution in [0.2, 0.25) is 0 Å². The lowest BCUT2D eigenvalue weighted by Gasteiger charge is -2.29. The molecular weight excluding hydrogens is 416 g/mol. The van der Waals surface area contributed by atoms with Gasteiger partial charge in [0.2, 0.25) is 11.8 Å². The van der Waals surface area contributed by atoms with Crippen LogP contribution in [0.15, 0.2) is 41.0 Å². The van der Waals surface area contributed by atoms with Crippen LogP contribution in [-0.4, -0.2) is 43.2 Å². The highest BCUT2D eigenvalue weighted by Crippen LogP contribution is 2.47. The summed E-state index contributed by atoms with van der Waals surface area (Å²) in [6.45, 7) is 2.59. The summed E-state index contributed by atoms with van der Waals surface area (Å²) in [6.07, 6.45) is 2.99. The summed E-state index contributed by atoms with van der Waals surface area (Å²) in [5.74, 6) is 1.19. The Kier molecular flexibility index (Phi) is 4.56. The predicted molar refractivity (Wildman–Crippen MR) is 105 cm³/mol. The lowest BCUT2D eigenvalue weighted by atomic mass is 10.2. The molecule has 1 N–H and O–H groups in total. The van der Waals surface area contributed by atoms with Crippen molar-refractivity contribution in [2.24, 2.45) is 0 Å². The summed E-state index contributed by atoms with van der Waals surface area (Å²) in [5.41, 5.74) is 1.07. The minimum Gasteiger partial charge on any atom is -0.315 e. The number of thioether (sulfide) groups is 1. The van der Waals surface area contributed by atoms with Crippen LogP contribution in [0.4, 0.5) is 5.82 Å². The number of hydrogen-bond donors (Lipinski definition) is 1. The summed E-state index contributed by atoms with van der Waals surface area (Å²) in [7, 11) is 0. The van der Waals surface area contributed by atoms with Crippen LogP contribution in [0, 0.1) is 0 Å². The average Bonchev–Trinajstić information content (AvgIpc) is 3.26. The van der Waals surface area contributed by atoms with Gasteiger partial charge in [0, 0.05) is 22.7 Å². The number of nitrogens with one attached hydrogen (secondary N) is 1. The number of aromatic nitrogens is 2. The highest BCUT2D eigenvalue weighted by Gasteiger charge is 2.52. The van der Waals surface area contributed by atoms with Gasteiger partial charge >= 0.3 is 0 Å². The average molecular weight is 435 g/mol. The Labute approximate surface area is 164 Å². The second kappa shape index (κ2) is 6.74. The molecule has 1 aromatic carbocycles. The summed E-state index contributed by atoms with van der Waals surface area (Å²) in [6, 6.07) is 9.28. The Morgan fingerprint density at radius 3 is 3.04 bits per heavy atom. The van der Waals surface area contributed by atoms with Gasteiger partial charge in [-0.05, 0) is 25.0 Å². The summed E-state index contributed by atoms with van der Waals surface area (Å²) < 4.78 is 2.75. The summed E-state index contributed by atoms with van der Waals surface area (Å²) >= 11 is 5.23. The first-order chi connectivity index (χ1) is 12.5. The van der Waals surface area contributed by atoms with Crippen molar-refractivity contribution in [3.05, 3.63) is 46.6 Å². The largest absolute Gasteiger partial charge is 0.315 e. The Hall–Kier alpha value is -1.80. The maximum atomic E-state index is 12.8. The van der Waals surface area contributed by atoms with Crippen molar-refractivity contribution >= 4 is 45.3 Å². The van der Waals surface area contributed by atoms with Gasteiger partial charge in [0.1, 0.15) is 11.9 Å². The zero-order valence-electron chi connectivity index (χ0n) is 14.3. The molecule has 2 aliphatic heterocycles. The van der Waals surface area contributed by atoms with E-state index in [0.717, 1.165) is 16.5 Å². The van der Waals surface area contributed by atoms with Gasteiger partial charge in [-0.2, -0.15) is 5.10 Å². The van der Waals surface area contributed by atoms with Crippen molar-refractivity contribution in [3.63, 3.8) is 0 Å². The number of carbonyl (C=O) groups excluding carboxylic acids is 2. The first kappa shape index (κ1) is 17.6. The number of anilines is 1. The van der Waals surface area contributed by atoms with Crippen LogP contribution >= 0.6 is 27.7 Å². The van der Waals surface area contributed by atoms with Crippen LogP contribution in [0.1, 0.15) is 25.3 Å². The van der Waals surface area contributed by atoms with Crippen LogP contribution in [0.3, 0.4) is 0 Å². The van der Waals surface area contributed by atoms with Crippen LogP contribution in [0.25, 0.3) is 0 Å². The molecule has 0 saturated carbocycles. The lowest BCUT2D eigenvalue weighted by molar-refractivity contribution is -0.135. The van der Waals surface area contributed by atoms with Crippen LogP contribution in [0.5, 0.6) is 0 Å². The van der Waals surface area contributed by atoms with E-state index >= 15 is 0 Å². The third-order valence-corrected chi connectivity index (χ3v) is 7.27. The van der Waals surface area contributed by atoms with Gasteiger partial charge in [0.05, 0.1) is 17.6 Å². The van der Waals surface area contributed by atoms with E-state index in [4.69, 9.17) is 0 Å². The minimum absolute atomic E-state index is 0.0689. The third-order valence-electron chi connectivity index (χ3n) is 4.99. The molecule has 0 aliphatic carbocycles. The zero-order valence-corrected chi connectivity index (χ0v) is 16.7. The Morgan fingerprint density at radius 1 is 1.42 bits per heavy atom. The van der Waals surface area contributed by atoms with Crippen LogP contribution in [-0.2, 0) is 16.1 Å². The number of amides is 2. The molecule has 2 unspecified atom stereocenters. The quantitative estimate of drug-likeness (QED) is 0.802. The van der Waals surface area contributed by atoms with Crippen molar-refractivity contribution in [2.45, 2.75) is 37.2 Å². The summed E-state index contributed by atoms with van der Waals surface area (Å²) in [4.78, 5) is 26.6. The molecule has 3 heterocycles. The zero-order chi connectivity index (χ0) is 18.3. The van der Waals surface area contributed by atoms with E-state index in [2.05, 4.69) is 26.3 Å². The number of fused-ring (bicyclic) bond motifs is 1. The van der Waals surface area contributed by atoms with Gasteiger partial charge in [-0.3, -0.25) is 9.59 Å². The van der Waals surface area contributed by atoms with Gasteiger partial charge < -0.3 is 10.2 Å². The first-order valence-electron chi connectivity index (χ1n) is 8.50. The smallest absolute Gasteiger partial charge is 0.249 e. The first-order valence-corrected chi connectivity index (χ1v) is 10.3. The van der Waals surface area contributed by atoms with E-state index in [-0.39, 0.29) is 16.7 Å². The molecule has 2 aliphatic rings. The van der Waals surface area contributed by atoms with Crippen molar-refractivity contribution in [3.8, 4) is 0 Å². The maximum Gasteiger partial charge on any atom is 0.249 e. The fourth-order valence-corrected chi connectivity index (χ4v) is 5.42. The highest BCUT2D eigenvalue weighted by molar-refractivity contribution is 9.10. The maximum absolute atomic E-state index is 12.8. The molecule has 2 saturated heterocycles. The van der Waals surface area contributed by atoms with Gasteiger partial charge in [-0.1, -0.05) is 34.1 Å². The molecule has 6 nitrogen and oxygen atoms in total. The van der Waals surface area contributed by atoms with Gasteiger partial charge in [-0.25, -0.2) is 4.68 Å². The van der Waals surface area contributed by atoms with Crippen LogP contribution < -0.4 is 5.32 Å². The summed E-state index contributed by atoms with van der Waals surface area (Å²) in [5, 5.41) is 7.28. The van der Waals surface area contributed by atoms with E-state index in [1.165, 1.54) is 0 Å². The Morgan fingerprint density at radius 2 is 2.23 bits per heavy atom. The molecule has 26 heavy (non-hydrogen) atoms. The Bertz CT molecular complexity index is 870. The topological polar surface area (TPSA) is 67.2 Å². The standard InChI is InChI=1S/C18H19BrN4O2S/c1-18-8-6-16(24)23(18)14(11-26-18)17(25)21-15-7-9-20-22(15)10-12-4-2-3-5-13(12)19/h2-5,7,9,14H,6,8,10-11H2,1H3,(H,21,25). The fraction of sp³-hybridized carbons (Fsp3) is 0.389. The molecule has 1 aromatic heterocycles. The van der Waals surface area contributed by atoms with E-state index in [9.17, 15) is 9.59 Å². The monoisotopic (exact) mass is 434 g/mol. The van der Waals surface area contributed by atoms with E-state index in [1.54, 1.807) is 33.6 Å². The number of benzene rings is 1. The predicted octanol–water partition coefficient (Wildman–Crippen LogP) is 3.09. The van der Waals surface area contributed by atoms with Crippen molar-refractivity contribution in [2.75, 3.05) is 11.1 Å². The molecule has 0 spiro atoms. The lowest BCUT2D eigenvalue weighted by Crippen LogP contribution is -2.48. The SMILES string of the molecule is CC12CCC(=O)N1C(C(=O)Nc1ccnn1Cc1ccccc1Br)CS2. The normalized spacial score (nSPS) is 24.8. The number of hydrogen-bond acceptors (Lipinski definition) is 4. The molecule has 2 aromatic rings. The molecule has 2 amide bonds. The molecule has 136 valence electrons. The number of halogens is 1. The Balaban J connectivity index is 1.50. The van der Waals surface area contributed by atoms with Crippen molar-refractivity contribution < 1.29 is 9.59 Å². The minimum atomic E-state index is -0.424. The highest BCUT2D eigenvalue weighted by atomic mass is 79.9. The molecular formula is C18H19BrN4O2S. The van der Waals surface area contributed by atoms with Gasteiger partial charge in [-0.15, -0.1) is 11.8 Å². The fourth-order valence-electron chi connectivity index (χ4n) is 3.58. The number of carbonyl (C=O) groups is 2. The number of nitrogens with zero attached hydrogens (tertiary/aromatic N) is 3. The molecule has 2 fully saturated rings.